The fourth-order valence-electron chi connectivity index (χ4n) is 3.41. The highest BCUT2D eigenvalue weighted by atomic mass is 16.5. The van der Waals surface area contributed by atoms with E-state index in [1.54, 1.807) is 0 Å². The summed E-state index contributed by atoms with van der Waals surface area (Å²) in [5.41, 5.74) is 3.16. The van der Waals surface area contributed by atoms with E-state index in [9.17, 15) is 9.90 Å². The van der Waals surface area contributed by atoms with Crippen molar-refractivity contribution < 1.29 is 19.4 Å². The molecule has 1 heterocycles. The molecule has 5 nitrogen and oxygen atoms in total. The second-order valence-electron chi connectivity index (χ2n) is 5.78. The average molecular weight is 327 g/mol. The van der Waals surface area contributed by atoms with Gasteiger partial charge in [0.1, 0.15) is 5.56 Å². The Kier molecular flexibility index (Phi) is 4.71. The molecule has 0 saturated carbocycles. The summed E-state index contributed by atoms with van der Waals surface area (Å²) in [5, 5.41) is 13.2. The molecule has 2 N–H and O–H groups in total. The highest BCUT2D eigenvalue weighted by Gasteiger charge is 2.29. The lowest BCUT2D eigenvalue weighted by molar-refractivity contribution is 0.0691. The quantitative estimate of drug-likeness (QED) is 0.904. The van der Waals surface area contributed by atoms with Gasteiger partial charge < -0.3 is 19.9 Å². The minimum absolute atomic E-state index is 0.0709. The minimum atomic E-state index is -0.990. The van der Waals surface area contributed by atoms with Crippen LogP contribution in [0, 0.1) is 0 Å². The number of rotatable bonds is 4. The lowest BCUT2D eigenvalue weighted by Crippen LogP contribution is -2.20. The van der Waals surface area contributed by atoms with Crippen LogP contribution in [0.3, 0.4) is 0 Å². The van der Waals surface area contributed by atoms with E-state index in [1.165, 1.54) is 14.2 Å². The van der Waals surface area contributed by atoms with Crippen LogP contribution >= 0.6 is 0 Å². The summed E-state index contributed by atoms with van der Waals surface area (Å²) in [7, 11) is 3.00. The first-order valence-electron chi connectivity index (χ1n) is 7.94. The second kappa shape index (κ2) is 6.93. The molecule has 1 atom stereocenters. The molecule has 0 fully saturated rings. The van der Waals surface area contributed by atoms with Crippen LogP contribution in [-0.2, 0) is 6.42 Å². The fraction of sp³-hybridized carbons (Fsp3) is 0.316. The number of hydrogen-bond acceptors (Lipinski definition) is 4. The molecule has 2 aromatic carbocycles. The lowest BCUT2D eigenvalue weighted by Gasteiger charge is -2.22. The van der Waals surface area contributed by atoms with E-state index in [1.807, 2.05) is 24.3 Å². The molecule has 0 aliphatic carbocycles. The van der Waals surface area contributed by atoms with Gasteiger partial charge in [-0.1, -0.05) is 30.3 Å². The normalized spacial score (nSPS) is 16.8. The molecule has 24 heavy (non-hydrogen) atoms. The summed E-state index contributed by atoms with van der Waals surface area (Å²) >= 11 is 0. The summed E-state index contributed by atoms with van der Waals surface area (Å²) in [4.78, 5) is 11.9. The van der Waals surface area contributed by atoms with Crippen molar-refractivity contribution in [3.05, 3.63) is 58.7 Å². The number of hydrogen-bond donors (Lipinski definition) is 2. The van der Waals surface area contributed by atoms with Crippen molar-refractivity contribution in [3.63, 3.8) is 0 Å². The molecular weight excluding hydrogens is 306 g/mol. The molecule has 0 bridgehead atoms. The van der Waals surface area contributed by atoms with Crippen molar-refractivity contribution in [1.82, 2.24) is 5.32 Å². The van der Waals surface area contributed by atoms with Gasteiger partial charge in [-0.15, -0.1) is 0 Å². The summed E-state index contributed by atoms with van der Waals surface area (Å²) in [6, 6.07) is 12.0. The number of carboxylic acids is 1. The lowest BCUT2D eigenvalue weighted by atomic mass is 9.85. The van der Waals surface area contributed by atoms with E-state index < -0.39 is 5.97 Å². The minimum Gasteiger partial charge on any atom is -0.493 e. The Morgan fingerprint density at radius 1 is 1.21 bits per heavy atom. The highest BCUT2D eigenvalue weighted by molar-refractivity contribution is 5.94. The highest BCUT2D eigenvalue weighted by Crippen LogP contribution is 2.41. The summed E-state index contributed by atoms with van der Waals surface area (Å²) in [6.45, 7) is 1.48. The van der Waals surface area contributed by atoms with Gasteiger partial charge in [0.25, 0.3) is 0 Å². The van der Waals surface area contributed by atoms with Gasteiger partial charge >= 0.3 is 5.97 Å². The van der Waals surface area contributed by atoms with Gasteiger partial charge in [0.05, 0.1) is 14.2 Å². The maximum atomic E-state index is 11.9. The van der Waals surface area contributed by atoms with Gasteiger partial charge in [-0.3, -0.25) is 0 Å². The van der Waals surface area contributed by atoms with Crippen LogP contribution in [0.2, 0.25) is 0 Å². The van der Waals surface area contributed by atoms with E-state index >= 15 is 0 Å². The van der Waals surface area contributed by atoms with E-state index in [0.29, 0.717) is 12.2 Å². The third-order valence-electron chi connectivity index (χ3n) is 4.50. The van der Waals surface area contributed by atoms with Gasteiger partial charge in [-0.2, -0.15) is 0 Å². The van der Waals surface area contributed by atoms with Crippen LogP contribution < -0.4 is 14.8 Å². The van der Waals surface area contributed by atoms with Gasteiger partial charge in [-0.05, 0) is 35.7 Å². The molecule has 0 spiro atoms. The first kappa shape index (κ1) is 16.3. The topological polar surface area (TPSA) is 67.8 Å². The fourth-order valence-corrected chi connectivity index (χ4v) is 3.41. The van der Waals surface area contributed by atoms with Crippen molar-refractivity contribution >= 4 is 5.97 Å². The predicted octanol–water partition coefficient (Wildman–Crippen LogP) is 2.68. The Morgan fingerprint density at radius 2 is 1.96 bits per heavy atom. The number of carboxylic acid groups (broad SMARTS) is 1. The van der Waals surface area contributed by atoms with Crippen molar-refractivity contribution in [2.24, 2.45) is 0 Å². The van der Waals surface area contributed by atoms with Crippen molar-refractivity contribution in [2.75, 3.05) is 27.3 Å². The van der Waals surface area contributed by atoms with Crippen molar-refractivity contribution in [1.29, 1.82) is 0 Å². The summed E-state index contributed by atoms with van der Waals surface area (Å²) in [5.74, 6) is -0.175. The number of ether oxygens (including phenoxy) is 2. The maximum Gasteiger partial charge on any atom is 0.339 e. The third-order valence-corrected chi connectivity index (χ3v) is 4.50. The Bertz CT molecular complexity index is 743. The first-order chi connectivity index (χ1) is 11.7. The standard InChI is InChI=1S/C19H21NO4/c1-23-16-10-14-13(17(19(21)22)18(16)24-2)8-9-20-11-15(14)12-6-4-3-5-7-12/h3-7,10,15,20H,8-9,11H2,1-2H3,(H,21,22). The molecule has 1 aliphatic heterocycles. The average Bonchev–Trinajstić information content (AvgIpc) is 2.82. The Labute approximate surface area is 141 Å². The molecule has 2 aromatic rings. The molecule has 0 amide bonds. The molecule has 5 heteroatoms. The number of methoxy groups -OCH3 is 2. The van der Waals surface area contributed by atoms with E-state index in [2.05, 4.69) is 17.4 Å². The number of fused-ring (bicyclic) bond motifs is 1. The van der Waals surface area contributed by atoms with Crippen LogP contribution in [0.1, 0.15) is 33.0 Å². The van der Waals surface area contributed by atoms with Gasteiger partial charge in [0, 0.05) is 12.5 Å². The Morgan fingerprint density at radius 3 is 2.58 bits per heavy atom. The van der Waals surface area contributed by atoms with Crippen LogP contribution in [0.15, 0.2) is 36.4 Å². The molecular formula is C19H21NO4. The van der Waals surface area contributed by atoms with Gasteiger partial charge in [0.15, 0.2) is 11.5 Å². The van der Waals surface area contributed by atoms with E-state index in [-0.39, 0.29) is 17.2 Å². The third kappa shape index (κ3) is 2.83. The second-order valence-corrected chi connectivity index (χ2v) is 5.78. The van der Waals surface area contributed by atoms with Crippen molar-refractivity contribution in [3.8, 4) is 11.5 Å². The monoisotopic (exact) mass is 327 g/mol. The SMILES string of the molecule is COc1cc2c(c(C(=O)O)c1OC)CCNCC2c1ccccc1. The molecule has 126 valence electrons. The molecule has 1 unspecified atom stereocenters. The zero-order chi connectivity index (χ0) is 17.1. The number of aromatic carboxylic acids is 1. The van der Waals surface area contributed by atoms with Crippen LogP contribution in [0.5, 0.6) is 11.5 Å². The van der Waals surface area contributed by atoms with Crippen LogP contribution in [0.25, 0.3) is 0 Å². The Balaban J connectivity index is 2.26. The molecule has 0 saturated heterocycles. The van der Waals surface area contributed by atoms with Crippen LogP contribution in [-0.4, -0.2) is 38.4 Å². The molecule has 1 aliphatic rings. The van der Waals surface area contributed by atoms with Crippen LogP contribution in [0.4, 0.5) is 0 Å². The van der Waals surface area contributed by atoms with Gasteiger partial charge in [0.2, 0.25) is 0 Å². The molecule has 0 aromatic heterocycles. The maximum absolute atomic E-state index is 11.9. The largest absolute Gasteiger partial charge is 0.493 e. The number of nitrogens with one attached hydrogen (secondary N) is 1. The zero-order valence-corrected chi connectivity index (χ0v) is 13.8. The van der Waals surface area contributed by atoms with Gasteiger partial charge in [-0.25, -0.2) is 4.79 Å². The molecule has 3 rings (SSSR count). The summed E-state index contributed by atoms with van der Waals surface area (Å²) in [6.07, 6.45) is 0.640. The number of benzene rings is 2. The summed E-state index contributed by atoms with van der Waals surface area (Å²) < 4.78 is 10.8. The first-order valence-corrected chi connectivity index (χ1v) is 7.94. The molecule has 0 radical (unpaired) electrons. The van der Waals surface area contributed by atoms with Crippen molar-refractivity contribution in [2.45, 2.75) is 12.3 Å². The predicted molar refractivity (Wildman–Crippen MR) is 91.4 cm³/mol. The Hall–Kier alpha value is -2.53. The zero-order valence-electron chi connectivity index (χ0n) is 13.8. The van der Waals surface area contributed by atoms with E-state index in [0.717, 1.165) is 29.8 Å². The smallest absolute Gasteiger partial charge is 0.339 e. The van der Waals surface area contributed by atoms with E-state index in [4.69, 9.17) is 9.47 Å². The number of carbonyl (C=O) groups is 1.